The topological polar surface area (TPSA) is 66.6 Å². The maximum absolute atomic E-state index is 11.2. The molecule has 1 unspecified atom stereocenters. The van der Waals surface area contributed by atoms with Gasteiger partial charge in [0.15, 0.2) is 0 Å². The van der Waals surface area contributed by atoms with E-state index in [-0.39, 0.29) is 11.6 Å². The highest BCUT2D eigenvalue weighted by molar-refractivity contribution is 5.95. The first kappa shape index (κ1) is 13.4. The number of nitrogen functional groups attached to an aromatic ring is 1. The predicted molar refractivity (Wildman–Crippen MR) is 70.5 cm³/mol. The van der Waals surface area contributed by atoms with Crippen molar-refractivity contribution < 1.29 is 9.90 Å². The number of hydrogen-bond donors (Lipinski definition) is 2. The minimum absolute atomic E-state index is 0.250. The van der Waals surface area contributed by atoms with Gasteiger partial charge in [-0.15, -0.1) is 0 Å². The lowest BCUT2D eigenvalue weighted by Gasteiger charge is -2.31. The highest BCUT2D eigenvalue weighted by Gasteiger charge is 2.19. The molecule has 94 valence electrons. The summed E-state index contributed by atoms with van der Waals surface area (Å²) in [6.45, 7) is 6.30. The van der Waals surface area contributed by atoms with Gasteiger partial charge in [0, 0.05) is 18.8 Å². The molecule has 1 aromatic rings. The third kappa shape index (κ3) is 2.90. The molecule has 4 heteroatoms. The molecule has 0 aliphatic carbocycles. The number of rotatable bonds is 4. The molecule has 0 spiro atoms. The van der Waals surface area contributed by atoms with Crippen molar-refractivity contribution in [3.05, 3.63) is 23.8 Å². The summed E-state index contributed by atoms with van der Waals surface area (Å²) >= 11 is 0. The van der Waals surface area contributed by atoms with Crippen LogP contribution in [0.2, 0.25) is 0 Å². The second-order valence-electron chi connectivity index (χ2n) is 4.68. The third-order valence-corrected chi connectivity index (χ3v) is 3.21. The van der Waals surface area contributed by atoms with Gasteiger partial charge in [-0.25, -0.2) is 4.79 Å². The van der Waals surface area contributed by atoms with Crippen molar-refractivity contribution in [2.45, 2.75) is 26.8 Å². The summed E-state index contributed by atoms with van der Waals surface area (Å²) in [5, 5.41) is 9.18. The average molecular weight is 236 g/mol. The summed E-state index contributed by atoms with van der Waals surface area (Å²) in [6, 6.07) is 5.25. The van der Waals surface area contributed by atoms with Gasteiger partial charge in [-0.05, 0) is 31.0 Å². The minimum atomic E-state index is -0.949. The molecule has 0 aliphatic rings. The van der Waals surface area contributed by atoms with Crippen LogP contribution in [-0.4, -0.2) is 24.2 Å². The van der Waals surface area contributed by atoms with Crippen molar-refractivity contribution in [1.29, 1.82) is 0 Å². The van der Waals surface area contributed by atoms with Gasteiger partial charge in [0.05, 0.1) is 11.3 Å². The molecule has 0 saturated carbocycles. The van der Waals surface area contributed by atoms with Gasteiger partial charge in [0.25, 0.3) is 0 Å². The summed E-state index contributed by atoms with van der Waals surface area (Å²) in [6.07, 6.45) is 0. The Bertz CT molecular complexity index is 416. The molecule has 17 heavy (non-hydrogen) atoms. The van der Waals surface area contributed by atoms with Crippen LogP contribution in [0, 0.1) is 5.92 Å². The first-order valence-corrected chi connectivity index (χ1v) is 5.70. The van der Waals surface area contributed by atoms with Crippen LogP contribution in [0.1, 0.15) is 31.1 Å². The number of nitrogens with zero attached hydrogens (tertiary/aromatic N) is 1. The average Bonchev–Trinajstić information content (AvgIpc) is 2.26. The first-order valence-electron chi connectivity index (χ1n) is 5.70. The molecule has 0 saturated heterocycles. The van der Waals surface area contributed by atoms with Crippen LogP contribution in [0.25, 0.3) is 0 Å². The number of benzene rings is 1. The van der Waals surface area contributed by atoms with E-state index in [2.05, 4.69) is 20.8 Å². The molecule has 0 aromatic heterocycles. The van der Waals surface area contributed by atoms with Crippen molar-refractivity contribution in [3.63, 3.8) is 0 Å². The van der Waals surface area contributed by atoms with Crippen molar-refractivity contribution in [2.24, 2.45) is 5.92 Å². The number of aromatic carboxylic acids is 1. The largest absolute Gasteiger partial charge is 0.478 e. The van der Waals surface area contributed by atoms with E-state index in [4.69, 9.17) is 5.73 Å². The van der Waals surface area contributed by atoms with Crippen LogP contribution in [0.15, 0.2) is 18.2 Å². The molecule has 1 aromatic carbocycles. The lowest BCUT2D eigenvalue weighted by atomic mass is 10.0. The van der Waals surface area contributed by atoms with E-state index >= 15 is 0 Å². The first-order chi connectivity index (χ1) is 7.84. The molecular formula is C13H20N2O2. The number of nitrogens with two attached hydrogens (primary N) is 1. The van der Waals surface area contributed by atoms with E-state index in [0.717, 1.165) is 0 Å². The molecule has 0 heterocycles. The highest BCUT2D eigenvalue weighted by atomic mass is 16.4. The molecule has 1 atom stereocenters. The Morgan fingerprint density at radius 3 is 2.41 bits per heavy atom. The maximum atomic E-state index is 11.2. The normalized spacial score (nSPS) is 12.5. The van der Waals surface area contributed by atoms with Gasteiger partial charge in [-0.1, -0.05) is 13.8 Å². The zero-order chi connectivity index (χ0) is 13.2. The van der Waals surface area contributed by atoms with E-state index in [9.17, 15) is 9.90 Å². The highest BCUT2D eigenvalue weighted by Crippen LogP contribution is 2.25. The lowest BCUT2D eigenvalue weighted by Crippen LogP contribution is -2.34. The molecule has 0 fully saturated rings. The van der Waals surface area contributed by atoms with Crippen LogP contribution < -0.4 is 10.6 Å². The number of carboxylic acid groups (broad SMARTS) is 1. The summed E-state index contributed by atoms with van der Waals surface area (Å²) in [5.74, 6) is -0.505. The SMILES string of the molecule is CC(C)C(C)N(C)c1ccc(N)cc1C(=O)O. The fourth-order valence-electron chi connectivity index (χ4n) is 1.70. The number of hydrogen-bond acceptors (Lipinski definition) is 3. The Morgan fingerprint density at radius 2 is 1.94 bits per heavy atom. The summed E-state index contributed by atoms with van der Waals surface area (Å²) < 4.78 is 0. The van der Waals surface area contributed by atoms with Crippen molar-refractivity contribution in [3.8, 4) is 0 Å². The number of carboxylic acids is 1. The van der Waals surface area contributed by atoms with Gasteiger partial charge in [0.1, 0.15) is 0 Å². The summed E-state index contributed by atoms with van der Waals surface area (Å²) in [5.41, 5.74) is 7.04. The van der Waals surface area contributed by atoms with Crippen LogP contribution in [0.5, 0.6) is 0 Å². The van der Waals surface area contributed by atoms with Crippen LogP contribution >= 0.6 is 0 Å². The van der Waals surface area contributed by atoms with E-state index in [1.807, 2.05) is 11.9 Å². The van der Waals surface area contributed by atoms with Crippen molar-refractivity contribution in [1.82, 2.24) is 0 Å². The maximum Gasteiger partial charge on any atom is 0.337 e. The molecule has 0 bridgehead atoms. The quantitative estimate of drug-likeness (QED) is 0.788. The second kappa shape index (κ2) is 5.08. The standard InChI is InChI=1S/C13H20N2O2/c1-8(2)9(3)15(4)12-6-5-10(14)7-11(12)13(16)17/h5-9H,14H2,1-4H3,(H,16,17). The third-order valence-electron chi connectivity index (χ3n) is 3.21. The van der Waals surface area contributed by atoms with Gasteiger partial charge in [0.2, 0.25) is 0 Å². The van der Waals surface area contributed by atoms with Crippen molar-refractivity contribution >= 4 is 17.3 Å². The molecule has 0 radical (unpaired) electrons. The molecule has 4 nitrogen and oxygen atoms in total. The Hall–Kier alpha value is -1.71. The van der Waals surface area contributed by atoms with E-state index in [1.165, 1.54) is 6.07 Å². The van der Waals surface area contributed by atoms with Crippen LogP contribution in [0.4, 0.5) is 11.4 Å². The second-order valence-corrected chi connectivity index (χ2v) is 4.68. The molecule has 1 rings (SSSR count). The summed E-state index contributed by atoms with van der Waals surface area (Å²) in [4.78, 5) is 13.2. The van der Waals surface area contributed by atoms with Gasteiger partial charge >= 0.3 is 5.97 Å². The molecular weight excluding hydrogens is 216 g/mol. The van der Waals surface area contributed by atoms with E-state index < -0.39 is 5.97 Å². The smallest absolute Gasteiger partial charge is 0.337 e. The zero-order valence-electron chi connectivity index (χ0n) is 10.8. The lowest BCUT2D eigenvalue weighted by molar-refractivity contribution is 0.0697. The minimum Gasteiger partial charge on any atom is -0.478 e. The number of anilines is 2. The van der Waals surface area contributed by atoms with E-state index in [0.29, 0.717) is 17.3 Å². The molecule has 0 amide bonds. The molecule has 3 N–H and O–H groups in total. The van der Waals surface area contributed by atoms with Gasteiger partial charge < -0.3 is 15.7 Å². The van der Waals surface area contributed by atoms with Crippen LogP contribution in [-0.2, 0) is 0 Å². The zero-order valence-corrected chi connectivity index (χ0v) is 10.8. The number of carbonyl (C=O) groups is 1. The van der Waals surface area contributed by atoms with Crippen LogP contribution in [0.3, 0.4) is 0 Å². The molecule has 0 aliphatic heterocycles. The van der Waals surface area contributed by atoms with Gasteiger partial charge in [-0.3, -0.25) is 0 Å². The Labute approximate surface area is 102 Å². The van der Waals surface area contributed by atoms with Gasteiger partial charge in [-0.2, -0.15) is 0 Å². The Kier molecular flexibility index (Phi) is 3.99. The van der Waals surface area contributed by atoms with Crippen molar-refractivity contribution in [2.75, 3.05) is 17.7 Å². The fraction of sp³-hybridized carbons (Fsp3) is 0.462. The van der Waals surface area contributed by atoms with E-state index in [1.54, 1.807) is 12.1 Å². The predicted octanol–water partition coefficient (Wildman–Crippen LogP) is 2.45. The Morgan fingerprint density at radius 1 is 1.35 bits per heavy atom. The monoisotopic (exact) mass is 236 g/mol. The fourth-order valence-corrected chi connectivity index (χ4v) is 1.70. The summed E-state index contributed by atoms with van der Waals surface area (Å²) in [7, 11) is 1.91. The Balaban J connectivity index is 3.17.